The van der Waals surface area contributed by atoms with Gasteiger partial charge in [0, 0.05) is 19.3 Å². The second-order valence-corrected chi connectivity index (χ2v) is 19.7. The van der Waals surface area contributed by atoms with Crippen LogP contribution in [0.1, 0.15) is 317 Å². The van der Waals surface area contributed by atoms with Gasteiger partial charge in [-0.05, 0) is 25.2 Å². The summed E-state index contributed by atoms with van der Waals surface area (Å²) >= 11 is 0. The van der Waals surface area contributed by atoms with Crippen molar-refractivity contribution in [2.75, 3.05) is 13.2 Å². The van der Waals surface area contributed by atoms with Crippen molar-refractivity contribution < 1.29 is 28.6 Å². The molecule has 0 aromatic carbocycles. The summed E-state index contributed by atoms with van der Waals surface area (Å²) in [6.07, 6.45) is 53.7. The molecule has 0 unspecified atom stereocenters. The number of unbranched alkanes of at least 4 members (excludes halogenated alkanes) is 38. The second-order valence-electron chi connectivity index (χ2n) is 19.7. The predicted molar refractivity (Wildman–Crippen MR) is 266 cm³/mol. The molecule has 6 nitrogen and oxygen atoms in total. The number of rotatable bonds is 51. The lowest BCUT2D eigenvalue weighted by Crippen LogP contribution is -2.30. The summed E-state index contributed by atoms with van der Waals surface area (Å²) in [6, 6.07) is 0. The molecule has 0 aromatic rings. The highest BCUT2D eigenvalue weighted by atomic mass is 16.6. The topological polar surface area (TPSA) is 78.9 Å². The molecule has 0 aliphatic heterocycles. The van der Waals surface area contributed by atoms with Crippen LogP contribution < -0.4 is 0 Å². The van der Waals surface area contributed by atoms with E-state index in [1.165, 1.54) is 212 Å². The Morgan fingerprint density at radius 3 is 0.790 bits per heavy atom. The van der Waals surface area contributed by atoms with Crippen molar-refractivity contribution in [3.05, 3.63) is 0 Å². The van der Waals surface area contributed by atoms with Crippen LogP contribution in [0, 0.1) is 5.92 Å². The summed E-state index contributed by atoms with van der Waals surface area (Å²) in [4.78, 5) is 38.1. The molecule has 0 N–H and O–H groups in total. The molecule has 0 rings (SSSR count). The minimum atomic E-state index is -0.761. The van der Waals surface area contributed by atoms with E-state index >= 15 is 0 Å². The summed E-state index contributed by atoms with van der Waals surface area (Å²) < 4.78 is 16.9. The van der Waals surface area contributed by atoms with Crippen LogP contribution in [0.2, 0.25) is 0 Å². The number of carbonyl (C=O) groups is 3. The molecular weight excluding hydrogens is 769 g/mol. The quantitative estimate of drug-likeness (QED) is 0.0344. The first-order valence-corrected chi connectivity index (χ1v) is 27.9. The van der Waals surface area contributed by atoms with Gasteiger partial charge < -0.3 is 14.2 Å². The van der Waals surface area contributed by atoms with Crippen LogP contribution in [0.5, 0.6) is 0 Å². The molecule has 0 heterocycles. The van der Waals surface area contributed by atoms with Crippen LogP contribution in [0.25, 0.3) is 0 Å². The third-order valence-electron chi connectivity index (χ3n) is 12.8. The van der Waals surface area contributed by atoms with Gasteiger partial charge in [0.1, 0.15) is 13.2 Å². The van der Waals surface area contributed by atoms with E-state index in [0.29, 0.717) is 19.3 Å². The maximum absolute atomic E-state index is 12.8. The van der Waals surface area contributed by atoms with Gasteiger partial charge in [-0.15, -0.1) is 0 Å². The molecule has 0 bridgehead atoms. The van der Waals surface area contributed by atoms with Crippen molar-refractivity contribution in [2.45, 2.75) is 323 Å². The van der Waals surface area contributed by atoms with E-state index in [9.17, 15) is 14.4 Å². The first kappa shape index (κ1) is 60.4. The fourth-order valence-electron chi connectivity index (χ4n) is 8.57. The van der Waals surface area contributed by atoms with E-state index in [4.69, 9.17) is 14.2 Å². The van der Waals surface area contributed by atoms with Gasteiger partial charge in [0.15, 0.2) is 6.10 Å². The number of hydrogen-bond acceptors (Lipinski definition) is 6. The summed E-state index contributed by atoms with van der Waals surface area (Å²) in [7, 11) is 0. The van der Waals surface area contributed by atoms with E-state index in [-0.39, 0.29) is 31.1 Å². The monoisotopic (exact) mass is 877 g/mol. The van der Waals surface area contributed by atoms with Gasteiger partial charge in [-0.25, -0.2) is 0 Å². The predicted octanol–water partition coefficient (Wildman–Crippen LogP) is 18.2. The highest BCUT2D eigenvalue weighted by Crippen LogP contribution is 2.18. The molecule has 0 aromatic heterocycles. The number of hydrogen-bond donors (Lipinski definition) is 0. The molecule has 0 amide bonds. The fraction of sp³-hybridized carbons (Fsp3) is 0.946. The van der Waals surface area contributed by atoms with E-state index < -0.39 is 6.10 Å². The Morgan fingerprint density at radius 1 is 0.306 bits per heavy atom. The highest BCUT2D eigenvalue weighted by Gasteiger charge is 2.19. The summed E-state index contributed by atoms with van der Waals surface area (Å²) in [6.45, 7) is 9.05. The van der Waals surface area contributed by atoms with Crippen molar-refractivity contribution in [1.82, 2.24) is 0 Å². The molecular formula is C56H108O6. The van der Waals surface area contributed by atoms with Crippen LogP contribution in [-0.4, -0.2) is 37.2 Å². The summed E-state index contributed by atoms with van der Waals surface area (Å²) in [5.74, 6) is 0.00219. The first-order valence-electron chi connectivity index (χ1n) is 27.9. The van der Waals surface area contributed by atoms with Crippen molar-refractivity contribution in [3.8, 4) is 0 Å². The zero-order valence-corrected chi connectivity index (χ0v) is 42.3. The molecule has 0 aliphatic rings. The maximum Gasteiger partial charge on any atom is 0.306 e. The average molecular weight is 877 g/mol. The molecule has 6 heteroatoms. The standard InChI is InChI=1S/C56H108O6/c1-5-7-9-11-13-15-17-19-20-24-29-33-37-41-45-49-56(59)62-53(50-60-54(57)47-43-39-35-31-27-22-18-16-14-12-10-8-6-2)51-61-55(58)48-44-40-36-32-28-25-21-23-26-30-34-38-42-46-52(3)4/h52-53H,5-51H2,1-4H3/t53-/m0/s1. The molecule has 0 saturated heterocycles. The Kier molecular flexibility index (Phi) is 49.1. The Balaban J connectivity index is 4.30. The smallest absolute Gasteiger partial charge is 0.306 e. The molecule has 0 radical (unpaired) electrons. The zero-order valence-electron chi connectivity index (χ0n) is 42.3. The van der Waals surface area contributed by atoms with Gasteiger partial charge in [-0.3, -0.25) is 14.4 Å². The van der Waals surface area contributed by atoms with E-state index in [2.05, 4.69) is 27.7 Å². The SMILES string of the molecule is CCCCCCCCCCCCCCCCCC(=O)O[C@@H](COC(=O)CCCCCCCCCCCCCCC)COC(=O)CCCCCCCCCCCCCCCC(C)C. The van der Waals surface area contributed by atoms with Crippen LogP contribution in [-0.2, 0) is 28.6 Å². The largest absolute Gasteiger partial charge is 0.462 e. The molecule has 368 valence electrons. The van der Waals surface area contributed by atoms with E-state index in [1.807, 2.05) is 0 Å². The van der Waals surface area contributed by atoms with Crippen molar-refractivity contribution >= 4 is 17.9 Å². The lowest BCUT2D eigenvalue weighted by atomic mass is 10.0. The number of ether oxygens (including phenoxy) is 3. The summed E-state index contributed by atoms with van der Waals surface area (Å²) in [5.41, 5.74) is 0. The normalized spacial score (nSPS) is 12.0. The van der Waals surface area contributed by atoms with Gasteiger partial charge in [0.25, 0.3) is 0 Å². The van der Waals surface area contributed by atoms with Crippen LogP contribution in [0.4, 0.5) is 0 Å². The van der Waals surface area contributed by atoms with Gasteiger partial charge in [-0.1, -0.05) is 278 Å². The third kappa shape index (κ3) is 49.4. The number of carbonyl (C=O) groups excluding carboxylic acids is 3. The lowest BCUT2D eigenvalue weighted by molar-refractivity contribution is -0.167. The van der Waals surface area contributed by atoms with Gasteiger partial charge in [0.05, 0.1) is 0 Å². The average Bonchev–Trinajstić information content (AvgIpc) is 3.26. The van der Waals surface area contributed by atoms with Crippen LogP contribution >= 0.6 is 0 Å². The molecule has 0 fully saturated rings. The molecule has 1 atom stereocenters. The van der Waals surface area contributed by atoms with Gasteiger partial charge in [-0.2, -0.15) is 0 Å². The van der Waals surface area contributed by atoms with E-state index in [0.717, 1.165) is 63.7 Å². The first-order chi connectivity index (χ1) is 30.4. The Bertz CT molecular complexity index is 933. The highest BCUT2D eigenvalue weighted by molar-refractivity contribution is 5.71. The third-order valence-corrected chi connectivity index (χ3v) is 12.8. The minimum absolute atomic E-state index is 0.0621. The lowest BCUT2D eigenvalue weighted by Gasteiger charge is -2.18. The van der Waals surface area contributed by atoms with Crippen molar-refractivity contribution in [1.29, 1.82) is 0 Å². The molecule has 0 spiro atoms. The Hall–Kier alpha value is -1.59. The maximum atomic E-state index is 12.8. The minimum Gasteiger partial charge on any atom is -0.462 e. The number of esters is 3. The van der Waals surface area contributed by atoms with Crippen LogP contribution in [0.3, 0.4) is 0 Å². The molecule has 62 heavy (non-hydrogen) atoms. The molecule has 0 saturated carbocycles. The Labute approximate surface area is 387 Å². The zero-order chi connectivity index (χ0) is 45.2. The van der Waals surface area contributed by atoms with Crippen LogP contribution in [0.15, 0.2) is 0 Å². The fourth-order valence-corrected chi connectivity index (χ4v) is 8.57. The second kappa shape index (κ2) is 50.4. The van der Waals surface area contributed by atoms with Gasteiger partial charge in [0.2, 0.25) is 0 Å². The van der Waals surface area contributed by atoms with Gasteiger partial charge >= 0.3 is 17.9 Å². The van der Waals surface area contributed by atoms with Crippen molar-refractivity contribution in [2.24, 2.45) is 5.92 Å². The summed E-state index contributed by atoms with van der Waals surface area (Å²) in [5, 5.41) is 0. The Morgan fingerprint density at radius 2 is 0.532 bits per heavy atom. The van der Waals surface area contributed by atoms with Crippen molar-refractivity contribution in [3.63, 3.8) is 0 Å². The van der Waals surface area contributed by atoms with E-state index in [1.54, 1.807) is 0 Å². The molecule has 0 aliphatic carbocycles.